The molecule has 2 aromatic rings. The number of aryl methyl sites for hydroxylation is 2. The van der Waals surface area contributed by atoms with Gasteiger partial charge in [-0.15, -0.1) is 0 Å². The lowest BCUT2D eigenvalue weighted by atomic mass is 9.89. The Morgan fingerprint density at radius 1 is 0.927 bits per heavy atom. The molecule has 0 bridgehead atoms. The summed E-state index contributed by atoms with van der Waals surface area (Å²) < 4.78 is 5.55. The Kier molecular flexibility index (Phi) is 12.0. The predicted octanol–water partition coefficient (Wildman–Crippen LogP) is 6.80. The number of amides is 3. The van der Waals surface area contributed by atoms with Crippen molar-refractivity contribution in [1.82, 2.24) is 15.5 Å². The molecule has 0 radical (unpaired) electrons. The second kappa shape index (κ2) is 14.5. The average Bonchev–Trinajstić information content (AvgIpc) is 2.87. The number of carbonyl (C=O) groups excluding carboxylic acids is 3. The summed E-state index contributed by atoms with van der Waals surface area (Å²) in [5.41, 5.74) is 2.14. The van der Waals surface area contributed by atoms with E-state index < -0.39 is 29.3 Å². The number of nitrogens with one attached hydrogen (secondary N) is 2. The molecular formula is C34H51N3O4. The van der Waals surface area contributed by atoms with Gasteiger partial charge in [-0.25, -0.2) is 4.79 Å². The van der Waals surface area contributed by atoms with Crippen molar-refractivity contribution in [3.05, 3.63) is 70.8 Å². The zero-order valence-corrected chi connectivity index (χ0v) is 26.8. The van der Waals surface area contributed by atoms with Crippen molar-refractivity contribution in [2.75, 3.05) is 0 Å². The van der Waals surface area contributed by atoms with Crippen molar-refractivity contribution in [1.29, 1.82) is 0 Å². The minimum Gasteiger partial charge on any atom is -0.444 e. The van der Waals surface area contributed by atoms with Gasteiger partial charge in [-0.3, -0.25) is 9.59 Å². The molecule has 2 aromatic carbocycles. The minimum atomic E-state index is -0.952. The van der Waals surface area contributed by atoms with Gasteiger partial charge in [0.15, 0.2) is 0 Å². The normalized spacial score (nSPS) is 14.0. The Hall–Kier alpha value is -3.35. The highest BCUT2D eigenvalue weighted by atomic mass is 16.6. The first-order chi connectivity index (χ1) is 19.1. The van der Waals surface area contributed by atoms with E-state index in [0.29, 0.717) is 6.42 Å². The topological polar surface area (TPSA) is 87.7 Å². The second-order valence-electron chi connectivity index (χ2n) is 12.7. The minimum absolute atomic E-state index is 0.0539. The fraction of sp³-hybridized carbons (Fsp3) is 0.559. The summed E-state index contributed by atoms with van der Waals surface area (Å²) in [6, 6.07) is 13.6. The molecule has 2 N–H and O–H groups in total. The van der Waals surface area contributed by atoms with E-state index in [1.807, 2.05) is 90.1 Å². The number of nitrogens with zero attached hydrogens (tertiary/aromatic N) is 1. The molecule has 0 saturated carbocycles. The Bertz CT molecular complexity index is 1170. The largest absolute Gasteiger partial charge is 0.444 e. The van der Waals surface area contributed by atoms with Crippen LogP contribution in [0.15, 0.2) is 48.5 Å². The lowest BCUT2D eigenvalue weighted by molar-refractivity contribution is -0.149. The first kappa shape index (κ1) is 33.9. The van der Waals surface area contributed by atoms with Crippen LogP contribution in [-0.4, -0.2) is 46.0 Å². The molecule has 7 heteroatoms. The first-order valence-electron chi connectivity index (χ1n) is 14.8. The third-order valence-corrected chi connectivity index (χ3v) is 7.37. The van der Waals surface area contributed by atoms with Gasteiger partial charge in [0, 0.05) is 18.0 Å². The van der Waals surface area contributed by atoms with Crippen molar-refractivity contribution in [2.45, 2.75) is 124 Å². The summed E-state index contributed by atoms with van der Waals surface area (Å²) in [6.07, 6.45) is 1.93. The van der Waals surface area contributed by atoms with E-state index in [1.165, 1.54) is 0 Å². The van der Waals surface area contributed by atoms with Gasteiger partial charge in [0.1, 0.15) is 17.7 Å². The number of hydrogen-bond donors (Lipinski definition) is 2. The van der Waals surface area contributed by atoms with Crippen LogP contribution in [0.3, 0.4) is 0 Å². The molecule has 7 nitrogen and oxygen atoms in total. The molecule has 3 amide bonds. The van der Waals surface area contributed by atoms with Gasteiger partial charge in [-0.2, -0.15) is 0 Å². The van der Waals surface area contributed by atoms with Crippen LogP contribution in [-0.2, 0) is 20.7 Å². The number of alkyl carbamates (subject to hydrolysis) is 1. The zero-order valence-electron chi connectivity index (χ0n) is 26.8. The molecule has 0 aliphatic carbocycles. The quantitative estimate of drug-likeness (QED) is 0.296. The van der Waals surface area contributed by atoms with Crippen LogP contribution in [0.5, 0.6) is 0 Å². The van der Waals surface area contributed by atoms with Crippen LogP contribution < -0.4 is 10.6 Å². The van der Waals surface area contributed by atoms with Crippen molar-refractivity contribution in [3.63, 3.8) is 0 Å². The summed E-state index contributed by atoms with van der Waals surface area (Å²) in [7, 11) is 0. The van der Waals surface area contributed by atoms with E-state index in [-0.39, 0.29) is 24.3 Å². The summed E-state index contributed by atoms with van der Waals surface area (Å²) in [5, 5.41) is 6.02. The molecule has 3 atom stereocenters. The fourth-order valence-corrected chi connectivity index (χ4v) is 4.89. The van der Waals surface area contributed by atoms with Crippen LogP contribution in [0.2, 0.25) is 0 Å². The highest BCUT2D eigenvalue weighted by molar-refractivity contribution is 5.93. The number of ether oxygens (including phenoxy) is 1. The zero-order chi connectivity index (χ0) is 31.0. The van der Waals surface area contributed by atoms with Crippen molar-refractivity contribution < 1.29 is 19.1 Å². The Balaban J connectivity index is 2.71. The van der Waals surface area contributed by atoms with E-state index in [4.69, 9.17) is 4.74 Å². The molecule has 0 heterocycles. The number of hydrogen-bond acceptors (Lipinski definition) is 4. The Morgan fingerprint density at radius 3 is 2.12 bits per heavy atom. The molecule has 226 valence electrons. The van der Waals surface area contributed by atoms with E-state index in [0.717, 1.165) is 35.1 Å². The second-order valence-corrected chi connectivity index (χ2v) is 12.7. The molecule has 41 heavy (non-hydrogen) atoms. The Labute approximate surface area is 247 Å². The average molecular weight is 566 g/mol. The van der Waals surface area contributed by atoms with Gasteiger partial charge in [0.05, 0.1) is 0 Å². The number of rotatable bonds is 12. The molecule has 0 saturated heterocycles. The van der Waals surface area contributed by atoms with Crippen molar-refractivity contribution >= 4 is 17.9 Å². The molecule has 0 aliphatic heterocycles. The maximum absolute atomic E-state index is 14.8. The molecular weight excluding hydrogens is 514 g/mol. The van der Waals surface area contributed by atoms with E-state index >= 15 is 0 Å². The maximum atomic E-state index is 14.8. The smallest absolute Gasteiger partial charge is 0.408 e. The first-order valence-corrected chi connectivity index (χ1v) is 14.8. The summed E-state index contributed by atoms with van der Waals surface area (Å²) in [4.78, 5) is 43.6. The lowest BCUT2D eigenvalue weighted by Gasteiger charge is -2.45. The SMILES string of the molecule is CCCC(C)NC(=O)C(c1cc(C)ccc1C)N(C(=O)C(Cc1ccccc1)NC(=O)OC(C)(C)C)C(C)(C)CC. The predicted molar refractivity (Wildman–Crippen MR) is 166 cm³/mol. The third kappa shape index (κ3) is 9.91. The maximum Gasteiger partial charge on any atom is 0.408 e. The fourth-order valence-electron chi connectivity index (χ4n) is 4.89. The standard InChI is InChI=1S/C34H51N3O4/c1-11-16-25(5)35-30(38)29(27-21-23(3)19-20-24(27)4)37(34(9,10)12-2)31(39)28(22-26-17-14-13-15-18-26)36-32(40)41-33(6,7)8/h13-15,17-21,25,28-29H,11-12,16,22H2,1-10H3,(H,35,38)(H,36,40). The van der Waals surface area contributed by atoms with E-state index in [2.05, 4.69) is 17.6 Å². The Morgan fingerprint density at radius 2 is 1.56 bits per heavy atom. The highest BCUT2D eigenvalue weighted by Gasteiger charge is 2.43. The molecule has 0 spiro atoms. The highest BCUT2D eigenvalue weighted by Crippen LogP contribution is 2.34. The van der Waals surface area contributed by atoms with Crippen molar-refractivity contribution in [3.8, 4) is 0 Å². The van der Waals surface area contributed by atoms with Gasteiger partial charge in [-0.1, -0.05) is 74.4 Å². The van der Waals surface area contributed by atoms with Gasteiger partial charge >= 0.3 is 6.09 Å². The molecule has 0 fully saturated rings. The summed E-state index contributed by atoms with van der Waals surface area (Å²) in [5.74, 6) is -0.569. The van der Waals surface area contributed by atoms with Crippen molar-refractivity contribution in [2.24, 2.45) is 0 Å². The van der Waals surface area contributed by atoms with Crippen LogP contribution in [0.25, 0.3) is 0 Å². The van der Waals surface area contributed by atoms with E-state index in [1.54, 1.807) is 25.7 Å². The van der Waals surface area contributed by atoms with E-state index in [9.17, 15) is 14.4 Å². The van der Waals surface area contributed by atoms with Gasteiger partial charge < -0.3 is 20.3 Å². The van der Waals surface area contributed by atoms with Gasteiger partial charge in [0.25, 0.3) is 0 Å². The molecule has 0 aromatic heterocycles. The molecule has 2 rings (SSSR count). The summed E-state index contributed by atoms with van der Waals surface area (Å²) in [6.45, 7) is 19.3. The third-order valence-electron chi connectivity index (χ3n) is 7.37. The van der Waals surface area contributed by atoms with Crippen LogP contribution in [0.4, 0.5) is 4.79 Å². The monoisotopic (exact) mass is 565 g/mol. The van der Waals surface area contributed by atoms with Crippen LogP contribution in [0.1, 0.15) is 103 Å². The molecule has 0 aliphatic rings. The molecule has 3 unspecified atom stereocenters. The number of benzene rings is 2. The van der Waals surface area contributed by atoms with Gasteiger partial charge in [0.2, 0.25) is 11.8 Å². The summed E-state index contributed by atoms with van der Waals surface area (Å²) >= 11 is 0. The van der Waals surface area contributed by atoms with Crippen LogP contribution >= 0.6 is 0 Å². The lowest BCUT2D eigenvalue weighted by Crippen LogP contribution is -2.60. The van der Waals surface area contributed by atoms with Gasteiger partial charge in [-0.05, 0) is 84.9 Å². The van der Waals surface area contributed by atoms with Crippen LogP contribution in [0, 0.1) is 13.8 Å². The number of carbonyl (C=O) groups is 3.